The second kappa shape index (κ2) is 5.76. The summed E-state index contributed by atoms with van der Waals surface area (Å²) in [6.07, 6.45) is 2.97. The fraction of sp³-hybridized carbons (Fsp3) is 0.250. The molecule has 0 amide bonds. The number of allylic oxidation sites excluding steroid dienone is 1. The standard InChI is InChI=1S/C24H22N2O2/c1-24(2)17-9-5-7-11-19(17)26(3)20(24)12-15-22(27)21(23(15)28)16-13-25-18-10-6-4-8-14(16)18/h4-13,21-22,27H,1-3H3/p+1. The SMILES string of the molecule is C[N+]1=C(C=C2C(=O)C(c3c[nH]c4ccccc34)C2O)C(C)(C)c2ccccc21. The van der Waals surface area contributed by atoms with E-state index in [1.807, 2.05) is 55.7 Å². The number of nitrogens with one attached hydrogen (secondary N) is 1. The lowest BCUT2D eigenvalue weighted by atomic mass is 9.69. The van der Waals surface area contributed by atoms with E-state index in [9.17, 15) is 9.90 Å². The first-order valence-corrected chi connectivity index (χ1v) is 9.62. The Bertz CT molecular complexity index is 1200. The van der Waals surface area contributed by atoms with Gasteiger partial charge in [-0.25, -0.2) is 0 Å². The minimum atomic E-state index is -0.785. The number of nitrogens with zero attached hydrogens (tertiary/aromatic N) is 1. The fourth-order valence-corrected chi connectivity index (χ4v) is 4.78. The quantitative estimate of drug-likeness (QED) is 0.531. The molecule has 2 aliphatic rings. The summed E-state index contributed by atoms with van der Waals surface area (Å²) >= 11 is 0. The number of H-pyrrole nitrogens is 1. The summed E-state index contributed by atoms with van der Waals surface area (Å²) in [6, 6.07) is 16.2. The number of aromatic amines is 1. The molecule has 4 heteroatoms. The molecular formula is C24H23N2O2+. The molecule has 28 heavy (non-hydrogen) atoms. The van der Waals surface area contributed by atoms with Crippen molar-refractivity contribution in [2.45, 2.75) is 31.3 Å². The van der Waals surface area contributed by atoms with Crippen molar-refractivity contribution in [3.05, 3.63) is 77.5 Å². The third-order valence-corrected chi connectivity index (χ3v) is 6.39. The molecule has 0 radical (unpaired) electrons. The molecule has 1 aromatic heterocycles. The Morgan fingerprint density at radius 3 is 2.57 bits per heavy atom. The molecule has 5 rings (SSSR count). The Kier molecular flexibility index (Phi) is 3.52. The minimum absolute atomic E-state index is 0.00455. The third-order valence-electron chi connectivity index (χ3n) is 6.39. The highest BCUT2D eigenvalue weighted by Crippen LogP contribution is 2.44. The summed E-state index contributed by atoms with van der Waals surface area (Å²) in [5.41, 5.74) is 5.55. The van der Waals surface area contributed by atoms with Gasteiger partial charge in [-0.1, -0.05) is 36.4 Å². The number of aliphatic hydroxyl groups is 1. The summed E-state index contributed by atoms with van der Waals surface area (Å²) in [5.74, 6) is -0.495. The van der Waals surface area contributed by atoms with E-state index < -0.39 is 12.0 Å². The van der Waals surface area contributed by atoms with E-state index in [1.54, 1.807) is 0 Å². The van der Waals surface area contributed by atoms with Crippen molar-refractivity contribution in [2.24, 2.45) is 0 Å². The Labute approximate surface area is 163 Å². The van der Waals surface area contributed by atoms with Crippen LogP contribution in [0.3, 0.4) is 0 Å². The largest absolute Gasteiger partial charge is 0.387 e. The molecule has 140 valence electrons. The van der Waals surface area contributed by atoms with Gasteiger partial charge in [0, 0.05) is 40.4 Å². The molecule has 2 atom stereocenters. The van der Waals surface area contributed by atoms with Gasteiger partial charge in [0.25, 0.3) is 0 Å². The lowest BCUT2D eigenvalue weighted by Gasteiger charge is -2.34. The highest BCUT2D eigenvalue weighted by atomic mass is 16.3. The van der Waals surface area contributed by atoms with Crippen LogP contribution in [0, 0.1) is 0 Å². The molecule has 3 aromatic rings. The third kappa shape index (κ3) is 2.15. The van der Waals surface area contributed by atoms with Gasteiger partial charge in [0.15, 0.2) is 11.5 Å². The number of benzene rings is 2. The van der Waals surface area contributed by atoms with Crippen LogP contribution < -0.4 is 0 Å². The van der Waals surface area contributed by atoms with Crippen LogP contribution in [0.15, 0.2) is 66.4 Å². The normalized spacial score (nSPS) is 24.7. The van der Waals surface area contributed by atoms with Crippen LogP contribution in [0.5, 0.6) is 0 Å². The van der Waals surface area contributed by atoms with Crippen LogP contribution in [0.1, 0.15) is 30.9 Å². The zero-order valence-corrected chi connectivity index (χ0v) is 16.2. The van der Waals surface area contributed by atoms with Gasteiger partial charge in [-0.3, -0.25) is 4.79 Å². The van der Waals surface area contributed by atoms with Crippen LogP contribution in [0.4, 0.5) is 5.69 Å². The Morgan fingerprint density at radius 1 is 1.11 bits per heavy atom. The topological polar surface area (TPSA) is 56.1 Å². The first kappa shape index (κ1) is 17.1. The molecule has 4 nitrogen and oxygen atoms in total. The number of carbonyl (C=O) groups is 1. The molecule has 0 spiro atoms. The number of ketones is 1. The van der Waals surface area contributed by atoms with E-state index in [4.69, 9.17) is 0 Å². The van der Waals surface area contributed by atoms with Crippen molar-refractivity contribution in [1.29, 1.82) is 0 Å². The average Bonchev–Trinajstić information content (AvgIpc) is 3.19. The molecule has 0 saturated heterocycles. The van der Waals surface area contributed by atoms with Gasteiger partial charge in [-0.05, 0) is 25.5 Å². The van der Waals surface area contributed by atoms with Gasteiger partial charge in [-0.15, -0.1) is 0 Å². The summed E-state index contributed by atoms with van der Waals surface area (Å²) in [4.78, 5) is 16.2. The average molecular weight is 371 g/mol. The van der Waals surface area contributed by atoms with Crippen LogP contribution in [-0.2, 0) is 10.2 Å². The monoisotopic (exact) mass is 371 g/mol. The zero-order valence-electron chi connectivity index (χ0n) is 16.2. The van der Waals surface area contributed by atoms with Gasteiger partial charge >= 0.3 is 0 Å². The van der Waals surface area contributed by atoms with Crippen LogP contribution >= 0.6 is 0 Å². The summed E-state index contributed by atoms with van der Waals surface area (Å²) in [7, 11) is 2.02. The first-order valence-electron chi connectivity index (χ1n) is 9.62. The number of carbonyl (C=O) groups excluding carboxylic acids is 1. The molecule has 2 heterocycles. The van der Waals surface area contributed by atoms with E-state index in [2.05, 4.69) is 35.5 Å². The van der Waals surface area contributed by atoms with E-state index in [1.165, 1.54) is 5.56 Å². The van der Waals surface area contributed by atoms with Crippen LogP contribution in [0.25, 0.3) is 10.9 Å². The second-order valence-electron chi connectivity index (χ2n) is 8.26. The van der Waals surface area contributed by atoms with E-state index in [0.717, 1.165) is 27.9 Å². The van der Waals surface area contributed by atoms with Crippen molar-refractivity contribution < 1.29 is 14.5 Å². The number of rotatable bonds is 2. The van der Waals surface area contributed by atoms with Gasteiger partial charge in [-0.2, -0.15) is 4.58 Å². The van der Waals surface area contributed by atoms with Crippen molar-refractivity contribution in [3.8, 4) is 0 Å². The fourth-order valence-electron chi connectivity index (χ4n) is 4.78. The van der Waals surface area contributed by atoms with Gasteiger partial charge in [0.05, 0.1) is 17.4 Å². The lowest BCUT2D eigenvalue weighted by Crippen LogP contribution is -2.44. The van der Waals surface area contributed by atoms with Gasteiger partial charge in [0.2, 0.25) is 5.69 Å². The van der Waals surface area contributed by atoms with Gasteiger partial charge in [0.1, 0.15) is 7.05 Å². The van der Waals surface area contributed by atoms with Crippen LogP contribution in [0.2, 0.25) is 0 Å². The summed E-state index contributed by atoms with van der Waals surface area (Å²) in [6.45, 7) is 4.32. The number of hydrogen-bond acceptors (Lipinski definition) is 2. The van der Waals surface area contributed by atoms with E-state index in [-0.39, 0.29) is 11.2 Å². The van der Waals surface area contributed by atoms with Crippen molar-refractivity contribution in [2.75, 3.05) is 7.05 Å². The number of aliphatic hydroxyl groups excluding tert-OH is 1. The van der Waals surface area contributed by atoms with Crippen molar-refractivity contribution in [3.63, 3.8) is 0 Å². The maximum absolute atomic E-state index is 13.0. The number of Topliss-reactive ketones (excluding diaryl/α,β-unsaturated/α-hetero) is 1. The zero-order chi connectivity index (χ0) is 19.6. The maximum Gasteiger partial charge on any atom is 0.209 e. The number of aromatic nitrogens is 1. The van der Waals surface area contributed by atoms with Crippen molar-refractivity contribution >= 4 is 28.1 Å². The maximum atomic E-state index is 13.0. The molecule has 2 unspecified atom stereocenters. The number of fused-ring (bicyclic) bond motifs is 2. The molecular weight excluding hydrogens is 348 g/mol. The predicted molar refractivity (Wildman–Crippen MR) is 110 cm³/mol. The van der Waals surface area contributed by atoms with Crippen molar-refractivity contribution in [1.82, 2.24) is 4.98 Å². The van der Waals surface area contributed by atoms with Gasteiger partial charge < -0.3 is 10.1 Å². The molecule has 2 N–H and O–H groups in total. The Hall–Kier alpha value is -2.98. The molecule has 2 aromatic carbocycles. The minimum Gasteiger partial charge on any atom is -0.387 e. The molecule has 1 saturated carbocycles. The Morgan fingerprint density at radius 2 is 1.82 bits per heavy atom. The second-order valence-corrected chi connectivity index (χ2v) is 8.26. The molecule has 1 fully saturated rings. The molecule has 0 bridgehead atoms. The first-order chi connectivity index (χ1) is 13.4. The summed E-state index contributed by atoms with van der Waals surface area (Å²) in [5, 5.41) is 11.9. The molecule has 1 aliphatic heterocycles. The Balaban J connectivity index is 1.53. The van der Waals surface area contributed by atoms with E-state index >= 15 is 0 Å². The van der Waals surface area contributed by atoms with E-state index in [0.29, 0.717) is 5.57 Å². The number of para-hydroxylation sites is 2. The highest BCUT2D eigenvalue weighted by Gasteiger charge is 2.49. The smallest absolute Gasteiger partial charge is 0.209 e. The summed E-state index contributed by atoms with van der Waals surface area (Å²) < 4.78 is 2.13. The highest BCUT2D eigenvalue weighted by molar-refractivity contribution is 6.16. The van der Waals surface area contributed by atoms with Crippen LogP contribution in [-0.4, -0.2) is 39.3 Å². The molecule has 1 aliphatic carbocycles. The number of hydrogen-bond donors (Lipinski definition) is 2. The predicted octanol–water partition coefficient (Wildman–Crippen LogP) is 3.83. The lowest BCUT2D eigenvalue weighted by molar-refractivity contribution is -0.401.